The number of urea groups is 1. The molecule has 20 heavy (non-hydrogen) atoms. The highest BCUT2D eigenvalue weighted by atomic mass is 79.9. The van der Waals surface area contributed by atoms with E-state index in [2.05, 4.69) is 15.9 Å². The van der Waals surface area contributed by atoms with E-state index in [-0.39, 0.29) is 6.03 Å². The van der Waals surface area contributed by atoms with E-state index in [4.69, 9.17) is 4.74 Å². The predicted molar refractivity (Wildman–Crippen MR) is 80.4 cm³/mol. The Morgan fingerprint density at radius 1 is 1.45 bits per heavy atom. The lowest BCUT2D eigenvalue weighted by molar-refractivity contribution is -0.137. The summed E-state index contributed by atoms with van der Waals surface area (Å²) in [5.41, 5.74) is 1.11. The Bertz CT molecular complexity index is 596. The SMILES string of the molecule is COC(=O)C1=C(C)N(C)C(=O)N(C)C1c1cc(Br)cs1. The van der Waals surface area contributed by atoms with Crippen LogP contribution in [0, 0.1) is 0 Å². The molecule has 2 rings (SSSR count). The molecule has 2 heterocycles. The quantitative estimate of drug-likeness (QED) is 0.763. The average molecular weight is 359 g/mol. The molecule has 1 aromatic rings. The van der Waals surface area contributed by atoms with E-state index in [0.717, 1.165) is 9.35 Å². The van der Waals surface area contributed by atoms with Gasteiger partial charge in [-0.25, -0.2) is 9.59 Å². The van der Waals surface area contributed by atoms with Crippen LogP contribution in [0.1, 0.15) is 17.8 Å². The number of likely N-dealkylation sites (N-methyl/N-ethyl adjacent to an activating group) is 1. The number of amides is 2. The molecule has 1 aliphatic rings. The molecule has 0 aliphatic carbocycles. The van der Waals surface area contributed by atoms with Gasteiger partial charge in [-0.3, -0.25) is 0 Å². The van der Waals surface area contributed by atoms with Crippen LogP contribution in [0.15, 0.2) is 27.2 Å². The average Bonchev–Trinajstić information content (AvgIpc) is 2.85. The number of halogens is 1. The van der Waals surface area contributed by atoms with Gasteiger partial charge in [0.05, 0.1) is 12.7 Å². The Morgan fingerprint density at radius 3 is 2.60 bits per heavy atom. The van der Waals surface area contributed by atoms with Crippen molar-refractivity contribution in [2.45, 2.75) is 13.0 Å². The molecule has 5 nitrogen and oxygen atoms in total. The number of methoxy groups -OCH3 is 1. The van der Waals surface area contributed by atoms with E-state index in [1.54, 1.807) is 25.9 Å². The summed E-state index contributed by atoms with van der Waals surface area (Å²) in [6.45, 7) is 1.76. The normalized spacial score (nSPS) is 19.6. The Hall–Kier alpha value is -1.34. The van der Waals surface area contributed by atoms with Crippen LogP contribution in [-0.2, 0) is 9.53 Å². The first-order valence-corrected chi connectivity index (χ1v) is 7.59. The zero-order valence-electron chi connectivity index (χ0n) is 11.6. The van der Waals surface area contributed by atoms with Crippen LogP contribution < -0.4 is 0 Å². The van der Waals surface area contributed by atoms with Gasteiger partial charge in [-0.1, -0.05) is 0 Å². The summed E-state index contributed by atoms with van der Waals surface area (Å²) in [7, 11) is 4.69. The molecule has 1 atom stereocenters. The van der Waals surface area contributed by atoms with Gasteiger partial charge in [-0.15, -0.1) is 11.3 Å². The highest BCUT2D eigenvalue weighted by Crippen LogP contribution is 2.39. The van der Waals surface area contributed by atoms with Gasteiger partial charge in [0, 0.05) is 34.5 Å². The van der Waals surface area contributed by atoms with Crippen molar-refractivity contribution in [2.24, 2.45) is 0 Å². The monoisotopic (exact) mass is 358 g/mol. The minimum absolute atomic E-state index is 0.148. The van der Waals surface area contributed by atoms with Gasteiger partial charge in [0.2, 0.25) is 0 Å². The summed E-state index contributed by atoms with van der Waals surface area (Å²) in [6, 6.07) is 1.35. The fourth-order valence-corrected chi connectivity index (χ4v) is 3.83. The molecule has 0 spiro atoms. The van der Waals surface area contributed by atoms with Crippen molar-refractivity contribution in [2.75, 3.05) is 21.2 Å². The molecule has 0 saturated heterocycles. The molecule has 1 aliphatic heterocycles. The second-order valence-electron chi connectivity index (χ2n) is 4.51. The van der Waals surface area contributed by atoms with Gasteiger partial charge in [0.15, 0.2) is 0 Å². The lowest BCUT2D eigenvalue weighted by Gasteiger charge is -2.38. The van der Waals surface area contributed by atoms with E-state index in [1.807, 2.05) is 11.4 Å². The van der Waals surface area contributed by atoms with Gasteiger partial charge in [0.1, 0.15) is 6.04 Å². The van der Waals surface area contributed by atoms with E-state index >= 15 is 0 Å². The fourth-order valence-electron chi connectivity index (χ4n) is 2.24. The minimum Gasteiger partial charge on any atom is -0.466 e. The summed E-state index contributed by atoms with van der Waals surface area (Å²) in [4.78, 5) is 28.3. The topological polar surface area (TPSA) is 49.9 Å². The van der Waals surface area contributed by atoms with E-state index in [1.165, 1.54) is 23.3 Å². The minimum atomic E-state index is -0.414. The number of thiophene rings is 1. The summed E-state index contributed by atoms with van der Waals surface area (Å²) in [5.74, 6) is -0.414. The number of hydrogen-bond acceptors (Lipinski definition) is 4. The maximum Gasteiger partial charge on any atom is 0.338 e. The van der Waals surface area contributed by atoms with Gasteiger partial charge >= 0.3 is 12.0 Å². The van der Waals surface area contributed by atoms with Crippen LogP contribution in [0.2, 0.25) is 0 Å². The molecule has 7 heteroatoms. The Morgan fingerprint density at radius 2 is 2.10 bits per heavy atom. The molecule has 2 amide bonds. The van der Waals surface area contributed by atoms with E-state index in [9.17, 15) is 9.59 Å². The Labute approximate surface area is 129 Å². The maximum atomic E-state index is 12.2. The number of carbonyl (C=O) groups is 2. The lowest BCUT2D eigenvalue weighted by atomic mass is 9.99. The standard InChI is InChI=1S/C13H15BrN2O3S/c1-7-10(12(17)19-4)11(9-5-8(14)6-20-9)16(3)13(18)15(7)2/h5-6,11H,1-4H3. The molecule has 1 aromatic heterocycles. The molecule has 0 radical (unpaired) electrons. The number of ether oxygens (including phenoxy) is 1. The van der Waals surface area contributed by atoms with Crippen molar-refractivity contribution >= 4 is 39.3 Å². The van der Waals surface area contributed by atoms with Gasteiger partial charge in [-0.2, -0.15) is 0 Å². The van der Waals surface area contributed by atoms with Crippen LogP contribution in [0.25, 0.3) is 0 Å². The van der Waals surface area contributed by atoms with Crippen molar-refractivity contribution in [3.63, 3.8) is 0 Å². The van der Waals surface area contributed by atoms with Gasteiger partial charge in [0.25, 0.3) is 0 Å². The number of carbonyl (C=O) groups excluding carboxylic acids is 2. The number of allylic oxidation sites excluding steroid dienone is 1. The highest BCUT2D eigenvalue weighted by molar-refractivity contribution is 9.10. The molecule has 0 aromatic carbocycles. The van der Waals surface area contributed by atoms with Crippen LogP contribution >= 0.6 is 27.3 Å². The number of hydrogen-bond donors (Lipinski definition) is 0. The highest BCUT2D eigenvalue weighted by Gasteiger charge is 2.39. The molecular weight excluding hydrogens is 344 g/mol. The largest absolute Gasteiger partial charge is 0.466 e. The Kier molecular flexibility index (Phi) is 4.19. The van der Waals surface area contributed by atoms with Crippen molar-refractivity contribution in [3.05, 3.63) is 32.1 Å². The molecule has 108 valence electrons. The van der Waals surface area contributed by atoms with Crippen LogP contribution in [0.4, 0.5) is 4.79 Å². The van der Waals surface area contributed by atoms with Gasteiger partial charge < -0.3 is 14.5 Å². The third kappa shape index (κ3) is 2.35. The maximum absolute atomic E-state index is 12.2. The summed E-state index contributed by atoms with van der Waals surface area (Å²) in [6.07, 6.45) is 0. The van der Waals surface area contributed by atoms with Crippen LogP contribution in [0.3, 0.4) is 0 Å². The third-order valence-electron chi connectivity index (χ3n) is 3.40. The number of nitrogens with zero attached hydrogens (tertiary/aromatic N) is 2. The van der Waals surface area contributed by atoms with Crippen molar-refractivity contribution in [1.82, 2.24) is 9.80 Å². The van der Waals surface area contributed by atoms with Gasteiger partial charge in [-0.05, 0) is 28.9 Å². The first-order valence-electron chi connectivity index (χ1n) is 5.92. The summed E-state index contributed by atoms with van der Waals surface area (Å²) >= 11 is 4.89. The van der Waals surface area contributed by atoms with Crippen LogP contribution in [0.5, 0.6) is 0 Å². The molecule has 0 N–H and O–H groups in total. The lowest BCUT2D eigenvalue weighted by Crippen LogP contribution is -2.47. The van der Waals surface area contributed by atoms with Crippen molar-refractivity contribution < 1.29 is 14.3 Å². The summed E-state index contributed by atoms with van der Waals surface area (Å²) in [5, 5.41) is 1.93. The number of rotatable bonds is 2. The van der Waals surface area contributed by atoms with Crippen molar-refractivity contribution in [3.8, 4) is 0 Å². The second kappa shape index (κ2) is 5.57. The molecule has 0 fully saturated rings. The van der Waals surface area contributed by atoms with E-state index in [0.29, 0.717) is 11.3 Å². The summed E-state index contributed by atoms with van der Waals surface area (Å²) < 4.78 is 5.81. The third-order valence-corrected chi connectivity index (χ3v) is 5.15. The Balaban J connectivity index is 2.60. The zero-order chi connectivity index (χ0) is 15.0. The first-order chi connectivity index (χ1) is 9.38. The smallest absolute Gasteiger partial charge is 0.338 e. The van der Waals surface area contributed by atoms with E-state index < -0.39 is 12.0 Å². The molecule has 1 unspecified atom stereocenters. The van der Waals surface area contributed by atoms with Crippen LogP contribution in [-0.4, -0.2) is 43.0 Å². The fraction of sp³-hybridized carbons (Fsp3) is 0.385. The molecule has 0 bridgehead atoms. The number of esters is 1. The molecular formula is C13H15BrN2O3S. The van der Waals surface area contributed by atoms with Crippen molar-refractivity contribution in [1.29, 1.82) is 0 Å². The second-order valence-corrected chi connectivity index (χ2v) is 6.37. The predicted octanol–water partition coefficient (Wildman–Crippen LogP) is 3.00. The molecule has 0 saturated carbocycles. The zero-order valence-corrected chi connectivity index (χ0v) is 14.0. The first kappa shape index (κ1) is 15.1.